The van der Waals surface area contributed by atoms with Crippen LogP contribution >= 0.6 is 11.8 Å². The maximum Gasteiger partial charge on any atom is 0.311 e. The number of methoxy groups -OCH3 is 3. The van der Waals surface area contributed by atoms with Crippen LogP contribution in [0.3, 0.4) is 0 Å². The second kappa shape index (κ2) is 9.04. The number of benzene rings is 1. The van der Waals surface area contributed by atoms with E-state index in [0.717, 1.165) is 11.8 Å². The molecule has 0 aliphatic carbocycles. The molecule has 0 atom stereocenters. The number of esters is 1. The molecule has 9 heteroatoms. The van der Waals surface area contributed by atoms with Gasteiger partial charge in [-0.1, -0.05) is 11.8 Å². The van der Waals surface area contributed by atoms with Crippen LogP contribution in [0, 0.1) is 0 Å². The van der Waals surface area contributed by atoms with Crippen molar-refractivity contribution >= 4 is 23.5 Å². The van der Waals surface area contributed by atoms with Crippen molar-refractivity contribution in [3.63, 3.8) is 0 Å². The topological polar surface area (TPSA) is 108 Å². The summed E-state index contributed by atoms with van der Waals surface area (Å²) in [6.07, 6.45) is -0.119. The fourth-order valence-corrected chi connectivity index (χ4v) is 2.88. The number of H-pyrrole nitrogens is 1. The summed E-state index contributed by atoms with van der Waals surface area (Å²) in [4.78, 5) is 42.2. The molecule has 2 rings (SSSR count). The van der Waals surface area contributed by atoms with Gasteiger partial charge in [0, 0.05) is 6.07 Å². The number of aromatic amines is 1. The number of aromatic nitrogens is 2. The number of ketones is 1. The Labute approximate surface area is 153 Å². The SMILES string of the molecule is COC(=O)Cc1cc(=O)[nH]c(SCC(=O)c2cc(OC)ccc2OC)n1. The van der Waals surface area contributed by atoms with E-state index < -0.39 is 11.5 Å². The fourth-order valence-electron chi connectivity index (χ4n) is 2.11. The molecule has 0 amide bonds. The van der Waals surface area contributed by atoms with Crippen LogP contribution in [0.1, 0.15) is 16.1 Å². The maximum absolute atomic E-state index is 12.5. The average Bonchev–Trinajstić information content (AvgIpc) is 2.64. The van der Waals surface area contributed by atoms with Crippen LogP contribution in [-0.4, -0.2) is 48.8 Å². The quantitative estimate of drug-likeness (QED) is 0.318. The number of ether oxygens (including phenoxy) is 3. The van der Waals surface area contributed by atoms with E-state index in [-0.39, 0.29) is 28.8 Å². The number of carbonyl (C=O) groups is 2. The van der Waals surface area contributed by atoms with E-state index in [1.165, 1.54) is 27.4 Å². The van der Waals surface area contributed by atoms with Crippen LogP contribution in [0.5, 0.6) is 11.5 Å². The number of rotatable bonds is 8. The Bertz CT molecular complexity index is 865. The van der Waals surface area contributed by atoms with Crippen molar-refractivity contribution in [2.24, 2.45) is 0 Å². The van der Waals surface area contributed by atoms with Gasteiger partial charge in [-0.3, -0.25) is 14.4 Å². The number of hydrogen-bond donors (Lipinski definition) is 1. The molecular weight excluding hydrogens is 360 g/mol. The van der Waals surface area contributed by atoms with E-state index >= 15 is 0 Å². The van der Waals surface area contributed by atoms with E-state index in [1.54, 1.807) is 18.2 Å². The largest absolute Gasteiger partial charge is 0.497 e. The molecule has 0 spiro atoms. The van der Waals surface area contributed by atoms with E-state index in [2.05, 4.69) is 14.7 Å². The Hall–Kier alpha value is -2.81. The van der Waals surface area contributed by atoms with Gasteiger partial charge in [-0.05, 0) is 18.2 Å². The number of hydrogen-bond acceptors (Lipinski definition) is 8. The van der Waals surface area contributed by atoms with E-state index in [1.807, 2.05) is 0 Å². The number of thioether (sulfide) groups is 1. The summed E-state index contributed by atoms with van der Waals surface area (Å²) in [7, 11) is 4.23. The first-order chi connectivity index (χ1) is 12.5. The fraction of sp³-hybridized carbons (Fsp3) is 0.294. The van der Waals surface area contributed by atoms with Gasteiger partial charge >= 0.3 is 5.97 Å². The highest BCUT2D eigenvalue weighted by atomic mass is 32.2. The van der Waals surface area contributed by atoms with Gasteiger partial charge in [0.05, 0.1) is 44.8 Å². The van der Waals surface area contributed by atoms with Crippen LogP contribution in [0.4, 0.5) is 0 Å². The zero-order chi connectivity index (χ0) is 19.1. The molecule has 1 aromatic carbocycles. The highest BCUT2D eigenvalue weighted by Crippen LogP contribution is 2.26. The zero-order valence-electron chi connectivity index (χ0n) is 14.5. The molecule has 1 N–H and O–H groups in total. The smallest absolute Gasteiger partial charge is 0.311 e. The number of nitrogens with zero attached hydrogens (tertiary/aromatic N) is 1. The molecule has 138 valence electrons. The van der Waals surface area contributed by atoms with E-state index in [0.29, 0.717) is 17.1 Å². The van der Waals surface area contributed by atoms with Crippen LogP contribution in [-0.2, 0) is 16.0 Å². The second-order valence-corrected chi connectivity index (χ2v) is 6.04. The van der Waals surface area contributed by atoms with Crippen molar-refractivity contribution in [1.82, 2.24) is 9.97 Å². The summed E-state index contributed by atoms with van der Waals surface area (Å²) in [6.45, 7) is 0. The molecular formula is C17H18N2O6S. The van der Waals surface area contributed by atoms with Crippen molar-refractivity contribution in [3.8, 4) is 11.5 Å². The molecule has 0 saturated carbocycles. The Balaban J connectivity index is 2.14. The summed E-state index contributed by atoms with van der Waals surface area (Å²) < 4.78 is 14.9. The normalized spacial score (nSPS) is 10.3. The molecule has 8 nitrogen and oxygen atoms in total. The summed E-state index contributed by atoms with van der Waals surface area (Å²) in [6, 6.07) is 6.14. The molecule has 26 heavy (non-hydrogen) atoms. The molecule has 1 heterocycles. The second-order valence-electron chi connectivity index (χ2n) is 5.07. The molecule has 1 aromatic heterocycles. The third-order valence-electron chi connectivity index (χ3n) is 3.37. The maximum atomic E-state index is 12.5. The minimum atomic E-state index is -0.503. The lowest BCUT2D eigenvalue weighted by atomic mass is 10.1. The van der Waals surface area contributed by atoms with Crippen LogP contribution in [0.15, 0.2) is 34.2 Å². The molecule has 0 fully saturated rings. The van der Waals surface area contributed by atoms with Crippen molar-refractivity contribution in [2.75, 3.05) is 27.1 Å². The number of nitrogens with one attached hydrogen (secondary N) is 1. The van der Waals surface area contributed by atoms with Gasteiger partial charge in [-0.2, -0.15) is 0 Å². The van der Waals surface area contributed by atoms with Crippen molar-refractivity contribution in [1.29, 1.82) is 0 Å². The third-order valence-corrected chi connectivity index (χ3v) is 4.25. The molecule has 0 aliphatic heterocycles. The summed E-state index contributed by atoms with van der Waals surface area (Å²) >= 11 is 1.05. The molecule has 0 saturated heterocycles. The lowest BCUT2D eigenvalue weighted by Crippen LogP contribution is -2.14. The van der Waals surface area contributed by atoms with Crippen LogP contribution < -0.4 is 15.0 Å². The monoisotopic (exact) mass is 378 g/mol. The third kappa shape index (κ3) is 5.09. The standard InChI is InChI=1S/C17H18N2O6S/c1-23-11-4-5-14(24-2)12(8-11)13(20)9-26-17-18-10(6-15(21)19-17)7-16(22)25-3/h4-6,8H,7,9H2,1-3H3,(H,18,19,21). The predicted molar refractivity (Wildman–Crippen MR) is 95.2 cm³/mol. The van der Waals surface area contributed by atoms with Gasteiger partial charge < -0.3 is 19.2 Å². The van der Waals surface area contributed by atoms with Gasteiger partial charge in [-0.25, -0.2) is 4.98 Å². The highest BCUT2D eigenvalue weighted by molar-refractivity contribution is 7.99. The minimum absolute atomic E-state index is 0.0220. The van der Waals surface area contributed by atoms with Gasteiger partial charge in [0.1, 0.15) is 11.5 Å². The Morgan fingerprint density at radius 3 is 2.58 bits per heavy atom. The summed E-state index contributed by atoms with van der Waals surface area (Å²) in [5.74, 6) is 0.264. The first kappa shape index (κ1) is 19.5. The van der Waals surface area contributed by atoms with Gasteiger partial charge in [0.15, 0.2) is 10.9 Å². The summed E-state index contributed by atoms with van der Waals surface area (Å²) in [5.41, 5.74) is 0.231. The predicted octanol–water partition coefficient (Wildman–Crippen LogP) is 1.48. The van der Waals surface area contributed by atoms with Gasteiger partial charge in [-0.15, -0.1) is 0 Å². The average molecular weight is 378 g/mol. The number of carbonyl (C=O) groups excluding carboxylic acids is 2. The van der Waals surface area contributed by atoms with Crippen LogP contribution in [0.2, 0.25) is 0 Å². The van der Waals surface area contributed by atoms with E-state index in [9.17, 15) is 14.4 Å². The molecule has 0 unspecified atom stereocenters. The zero-order valence-corrected chi connectivity index (χ0v) is 15.3. The number of Topliss-reactive ketones (excluding diaryl/α,β-unsaturated/α-hetero) is 1. The first-order valence-electron chi connectivity index (χ1n) is 7.52. The lowest BCUT2D eigenvalue weighted by Gasteiger charge is -2.09. The highest BCUT2D eigenvalue weighted by Gasteiger charge is 2.15. The Morgan fingerprint density at radius 2 is 1.92 bits per heavy atom. The van der Waals surface area contributed by atoms with Crippen LogP contribution in [0.25, 0.3) is 0 Å². The van der Waals surface area contributed by atoms with Gasteiger partial charge in [0.2, 0.25) is 0 Å². The molecule has 0 aliphatic rings. The van der Waals surface area contributed by atoms with Gasteiger partial charge in [0.25, 0.3) is 5.56 Å². The van der Waals surface area contributed by atoms with Crippen molar-refractivity contribution in [3.05, 3.63) is 45.9 Å². The van der Waals surface area contributed by atoms with Crippen molar-refractivity contribution in [2.45, 2.75) is 11.6 Å². The summed E-state index contributed by atoms with van der Waals surface area (Å²) in [5, 5.41) is 0.242. The molecule has 0 bridgehead atoms. The lowest BCUT2D eigenvalue weighted by molar-refractivity contribution is -0.139. The molecule has 0 radical (unpaired) electrons. The minimum Gasteiger partial charge on any atom is -0.497 e. The van der Waals surface area contributed by atoms with E-state index in [4.69, 9.17) is 9.47 Å². The first-order valence-corrected chi connectivity index (χ1v) is 8.50. The molecule has 2 aromatic rings. The van der Waals surface area contributed by atoms with Crippen molar-refractivity contribution < 1.29 is 23.8 Å². The Morgan fingerprint density at radius 1 is 1.15 bits per heavy atom. The Kier molecular flexibility index (Phi) is 6.79.